The summed E-state index contributed by atoms with van der Waals surface area (Å²) in [6, 6.07) is 4.45. The molecule has 21 heavy (non-hydrogen) atoms. The van der Waals surface area contributed by atoms with Crippen LogP contribution in [0.25, 0.3) is 0 Å². The van der Waals surface area contributed by atoms with E-state index in [4.69, 9.17) is 5.11 Å². The molecule has 2 rings (SSSR count). The lowest BCUT2D eigenvalue weighted by atomic mass is 9.87. The van der Waals surface area contributed by atoms with Crippen LogP contribution in [0.2, 0.25) is 0 Å². The average molecular weight is 294 g/mol. The fourth-order valence-electron chi connectivity index (χ4n) is 2.85. The number of aryl methyl sites for hydroxylation is 1. The largest absolute Gasteiger partial charge is 0.396 e. The molecule has 0 aromatic heterocycles. The Balaban J connectivity index is 1.99. The first kappa shape index (κ1) is 15.8. The summed E-state index contributed by atoms with van der Waals surface area (Å²) in [5.41, 5.74) is 1.99. The van der Waals surface area contributed by atoms with Crippen molar-refractivity contribution < 1.29 is 14.3 Å². The maximum Gasteiger partial charge on any atom is 0.315 e. The van der Waals surface area contributed by atoms with E-state index in [9.17, 15) is 9.18 Å². The van der Waals surface area contributed by atoms with E-state index in [2.05, 4.69) is 10.6 Å². The summed E-state index contributed by atoms with van der Waals surface area (Å²) in [5.74, 6) is -0.229. The van der Waals surface area contributed by atoms with Gasteiger partial charge in [0, 0.05) is 12.6 Å². The Bertz CT molecular complexity index is 493. The third-order valence-electron chi connectivity index (χ3n) is 4.03. The normalized spacial score (nSPS) is 18.7. The van der Waals surface area contributed by atoms with E-state index in [0.29, 0.717) is 6.42 Å². The Morgan fingerprint density at radius 1 is 1.52 bits per heavy atom. The summed E-state index contributed by atoms with van der Waals surface area (Å²) in [4.78, 5) is 12.1. The lowest BCUT2D eigenvalue weighted by molar-refractivity contribution is 0.223. The molecule has 1 aliphatic carbocycles. The minimum absolute atomic E-state index is 0.0220. The highest BCUT2D eigenvalue weighted by molar-refractivity contribution is 5.74. The summed E-state index contributed by atoms with van der Waals surface area (Å²) in [7, 11) is 0. The molecule has 2 atom stereocenters. The van der Waals surface area contributed by atoms with E-state index in [1.807, 2.05) is 6.92 Å². The smallest absolute Gasteiger partial charge is 0.315 e. The quantitative estimate of drug-likeness (QED) is 0.782. The molecule has 0 radical (unpaired) electrons. The summed E-state index contributed by atoms with van der Waals surface area (Å²) in [6.45, 7) is 2.03. The van der Waals surface area contributed by atoms with Crippen LogP contribution >= 0.6 is 0 Å². The second-order valence-corrected chi connectivity index (χ2v) is 5.52. The summed E-state index contributed by atoms with van der Waals surface area (Å²) >= 11 is 0. The fourth-order valence-corrected chi connectivity index (χ4v) is 2.85. The summed E-state index contributed by atoms with van der Waals surface area (Å²) < 4.78 is 13.3. The number of aliphatic hydroxyl groups excluding tert-OH is 1. The SMILES string of the molecule is CCC(CCO)NC(=O)NC1CCCc2cc(F)ccc21. The summed E-state index contributed by atoms with van der Waals surface area (Å²) in [6.07, 6.45) is 3.99. The first-order valence-electron chi connectivity index (χ1n) is 7.60. The third kappa shape index (κ3) is 4.17. The summed E-state index contributed by atoms with van der Waals surface area (Å²) in [5, 5.41) is 14.8. The van der Waals surface area contributed by atoms with Crippen molar-refractivity contribution in [3.05, 3.63) is 35.1 Å². The van der Waals surface area contributed by atoms with Crippen molar-refractivity contribution in [3.63, 3.8) is 0 Å². The molecule has 0 spiro atoms. The zero-order valence-corrected chi connectivity index (χ0v) is 12.4. The van der Waals surface area contributed by atoms with Crippen molar-refractivity contribution in [1.29, 1.82) is 0 Å². The van der Waals surface area contributed by atoms with E-state index in [1.54, 1.807) is 12.1 Å². The second kappa shape index (κ2) is 7.41. The molecule has 1 aromatic carbocycles. The molecule has 2 unspecified atom stereocenters. The van der Waals surface area contributed by atoms with Gasteiger partial charge in [-0.1, -0.05) is 13.0 Å². The Hall–Kier alpha value is -1.62. The maximum atomic E-state index is 13.3. The number of benzene rings is 1. The van der Waals surface area contributed by atoms with Crippen LogP contribution in [0.4, 0.5) is 9.18 Å². The molecule has 0 saturated heterocycles. The number of hydrogen-bond acceptors (Lipinski definition) is 2. The monoisotopic (exact) mass is 294 g/mol. The number of carbonyl (C=O) groups is 1. The van der Waals surface area contributed by atoms with Gasteiger partial charge in [0.05, 0.1) is 6.04 Å². The van der Waals surface area contributed by atoms with E-state index in [-0.39, 0.29) is 30.5 Å². The minimum Gasteiger partial charge on any atom is -0.396 e. The van der Waals surface area contributed by atoms with Gasteiger partial charge < -0.3 is 15.7 Å². The molecule has 0 aliphatic heterocycles. The standard InChI is InChI=1S/C16H23FN2O2/c1-2-13(8-9-20)18-16(21)19-15-5-3-4-11-10-12(17)6-7-14(11)15/h6-7,10,13,15,20H,2-5,8-9H2,1H3,(H2,18,19,21). The van der Waals surface area contributed by atoms with Gasteiger partial charge in [0.25, 0.3) is 0 Å². The van der Waals surface area contributed by atoms with Crippen LogP contribution in [0, 0.1) is 5.82 Å². The number of fused-ring (bicyclic) bond motifs is 1. The first-order valence-corrected chi connectivity index (χ1v) is 7.60. The molecule has 1 aliphatic rings. The first-order chi connectivity index (χ1) is 10.1. The maximum absolute atomic E-state index is 13.3. The molecular weight excluding hydrogens is 271 g/mol. The lowest BCUT2D eigenvalue weighted by Gasteiger charge is -2.27. The molecule has 0 bridgehead atoms. The van der Waals surface area contributed by atoms with E-state index < -0.39 is 0 Å². The highest BCUT2D eigenvalue weighted by Gasteiger charge is 2.22. The number of rotatable bonds is 5. The molecular formula is C16H23FN2O2. The van der Waals surface area contributed by atoms with Crippen LogP contribution in [0.3, 0.4) is 0 Å². The zero-order chi connectivity index (χ0) is 15.2. The van der Waals surface area contributed by atoms with Crippen LogP contribution < -0.4 is 10.6 Å². The predicted molar refractivity (Wildman–Crippen MR) is 79.5 cm³/mol. The minimum atomic E-state index is -0.229. The van der Waals surface area contributed by atoms with E-state index >= 15 is 0 Å². The highest BCUT2D eigenvalue weighted by atomic mass is 19.1. The Kier molecular flexibility index (Phi) is 5.56. The van der Waals surface area contributed by atoms with Gasteiger partial charge in [0.15, 0.2) is 0 Å². The molecule has 0 saturated carbocycles. The van der Waals surface area contributed by atoms with E-state index in [0.717, 1.165) is 36.8 Å². The number of amides is 2. The van der Waals surface area contributed by atoms with Crippen LogP contribution in [-0.2, 0) is 6.42 Å². The number of aliphatic hydroxyl groups is 1. The highest BCUT2D eigenvalue weighted by Crippen LogP contribution is 2.30. The van der Waals surface area contributed by atoms with Crippen molar-refractivity contribution in [1.82, 2.24) is 10.6 Å². The van der Waals surface area contributed by atoms with Crippen molar-refractivity contribution in [3.8, 4) is 0 Å². The van der Waals surface area contributed by atoms with E-state index in [1.165, 1.54) is 6.07 Å². The topological polar surface area (TPSA) is 61.4 Å². The molecule has 4 nitrogen and oxygen atoms in total. The van der Waals surface area contributed by atoms with Crippen molar-refractivity contribution in [2.24, 2.45) is 0 Å². The second-order valence-electron chi connectivity index (χ2n) is 5.52. The molecule has 3 N–H and O–H groups in total. The van der Waals surface area contributed by atoms with Crippen LogP contribution in [0.1, 0.15) is 49.8 Å². The Labute approximate surface area is 124 Å². The molecule has 1 aromatic rings. The molecule has 2 amide bonds. The fraction of sp³-hybridized carbons (Fsp3) is 0.562. The average Bonchev–Trinajstić information content (AvgIpc) is 2.46. The Morgan fingerprint density at radius 2 is 2.33 bits per heavy atom. The van der Waals surface area contributed by atoms with Gasteiger partial charge in [-0.25, -0.2) is 9.18 Å². The number of urea groups is 1. The van der Waals surface area contributed by atoms with Gasteiger partial charge >= 0.3 is 6.03 Å². The van der Waals surface area contributed by atoms with Gasteiger partial charge in [0.1, 0.15) is 5.82 Å². The number of hydrogen-bond donors (Lipinski definition) is 3. The predicted octanol–water partition coefficient (Wildman–Crippen LogP) is 2.66. The van der Waals surface area contributed by atoms with Crippen LogP contribution in [-0.4, -0.2) is 23.8 Å². The van der Waals surface area contributed by atoms with Gasteiger partial charge in [-0.2, -0.15) is 0 Å². The third-order valence-corrected chi connectivity index (χ3v) is 4.03. The molecule has 0 heterocycles. The molecule has 5 heteroatoms. The van der Waals surface area contributed by atoms with Crippen molar-refractivity contribution >= 4 is 6.03 Å². The van der Waals surface area contributed by atoms with Gasteiger partial charge in [-0.3, -0.25) is 0 Å². The van der Waals surface area contributed by atoms with Crippen LogP contribution in [0.5, 0.6) is 0 Å². The Morgan fingerprint density at radius 3 is 3.05 bits per heavy atom. The lowest BCUT2D eigenvalue weighted by Crippen LogP contribution is -2.44. The van der Waals surface area contributed by atoms with Crippen LogP contribution in [0.15, 0.2) is 18.2 Å². The number of nitrogens with one attached hydrogen (secondary N) is 2. The van der Waals surface area contributed by atoms with Crippen molar-refractivity contribution in [2.75, 3.05) is 6.61 Å². The molecule has 0 fully saturated rings. The number of carbonyl (C=O) groups excluding carboxylic acids is 1. The van der Waals surface area contributed by atoms with Gasteiger partial charge in [-0.05, 0) is 55.4 Å². The van der Waals surface area contributed by atoms with Gasteiger partial charge in [0.2, 0.25) is 0 Å². The zero-order valence-electron chi connectivity index (χ0n) is 12.4. The molecule has 116 valence electrons. The van der Waals surface area contributed by atoms with Crippen molar-refractivity contribution in [2.45, 2.75) is 51.1 Å². The van der Waals surface area contributed by atoms with Gasteiger partial charge in [-0.15, -0.1) is 0 Å². The number of halogens is 1.